The first-order chi connectivity index (χ1) is 10.6. The molecular formula is C16H26N2O4. The van der Waals surface area contributed by atoms with Crippen molar-refractivity contribution in [2.75, 3.05) is 41.5 Å². The van der Waals surface area contributed by atoms with E-state index in [2.05, 4.69) is 10.6 Å². The molecule has 0 aromatic heterocycles. The molecule has 1 unspecified atom stereocenters. The molecule has 1 atom stereocenters. The zero-order valence-electron chi connectivity index (χ0n) is 14.0. The van der Waals surface area contributed by atoms with E-state index in [1.54, 1.807) is 21.3 Å². The summed E-state index contributed by atoms with van der Waals surface area (Å²) in [6, 6.07) is 3.76. The van der Waals surface area contributed by atoms with E-state index in [0.717, 1.165) is 5.56 Å². The third kappa shape index (κ3) is 4.53. The number of methoxy groups -OCH3 is 3. The minimum absolute atomic E-state index is 0.0359. The Balaban J connectivity index is 2.72. The summed E-state index contributed by atoms with van der Waals surface area (Å²) in [6.07, 6.45) is 0.654. The van der Waals surface area contributed by atoms with E-state index in [-0.39, 0.29) is 11.8 Å². The van der Waals surface area contributed by atoms with Crippen LogP contribution in [0.3, 0.4) is 0 Å². The molecule has 0 spiro atoms. The van der Waals surface area contributed by atoms with Crippen LogP contribution in [0.15, 0.2) is 12.1 Å². The summed E-state index contributed by atoms with van der Waals surface area (Å²) in [4.78, 5) is 11.9. The number of benzene rings is 1. The van der Waals surface area contributed by atoms with Gasteiger partial charge in [0.1, 0.15) is 0 Å². The minimum Gasteiger partial charge on any atom is -0.493 e. The van der Waals surface area contributed by atoms with Gasteiger partial charge in [0.15, 0.2) is 11.5 Å². The largest absolute Gasteiger partial charge is 0.493 e. The van der Waals surface area contributed by atoms with Gasteiger partial charge in [-0.15, -0.1) is 0 Å². The Kier molecular flexibility index (Phi) is 7.52. The van der Waals surface area contributed by atoms with Crippen molar-refractivity contribution < 1.29 is 19.0 Å². The topological polar surface area (TPSA) is 68.8 Å². The summed E-state index contributed by atoms with van der Waals surface area (Å²) < 4.78 is 16.0. The van der Waals surface area contributed by atoms with Crippen molar-refractivity contribution in [2.45, 2.75) is 13.3 Å². The van der Waals surface area contributed by atoms with Crippen LogP contribution in [0.1, 0.15) is 12.5 Å². The highest BCUT2D eigenvalue weighted by atomic mass is 16.5. The number of ether oxygens (including phenoxy) is 3. The smallest absolute Gasteiger partial charge is 0.224 e. The van der Waals surface area contributed by atoms with Crippen LogP contribution >= 0.6 is 0 Å². The Morgan fingerprint density at radius 3 is 2.36 bits per heavy atom. The van der Waals surface area contributed by atoms with Gasteiger partial charge >= 0.3 is 0 Å². The van der Waals surface area contributed by atoms with E-state index in [4.69, 9.17) is 14.2 Å². The highest BCUT2D eigenvalue weighted by Gasteiger charge is 2.16. The molecule has 22 heavy (non-hydrogen) atoms. The molecule has 0 aliphatic rings. The second-order valence-corrected chi connectivity index (χ2v) is 4.99. The Morgan fingerprint density at radius 1 is 1.14 bits per heavy atom. The van der Waals surface area contributed by atoms with Crippen LogP contribution in [-0.2, 0) is 11.2 Å². The molecular weight excluding hydrogens is 284 g/mol. The Morgan fingerprint density at radius 2 is 1.82 bits per heavy atom. The quantitative estimate of drug-likeness (QED) is 0.718. The van der Waals surface area contributed by atoms with E-state index < -0.39 is 0 Å². The highest BCUT2D eigenvalue weighted by molar-refractivity contribution is 5.78. The van der Waals surface area contributed by atoms with Gasteiger partial charge in [-0.05, 0) is 19.5 Å². The van der Waals surface area contributed by atoms with Crippen molar-refractivity contribution in [1.29, 1.82) is 0 Å². The van der Waals surface area contributed by atoms with Gasteiger partial charge in [-0.2, -0.15) is 0 Å². The molecule has 6 nitrogen and oxygen atoms in total. The molecule has 0 radical (unpaired) electrons. The molecule has 0 saturated heterocycles. The van der Waals surface area contributed by atoms with Crippen molar-refractivity contribution >= 4 is 5.91 Å². The lowest BCUT2D eigenvalue weighted by Gasteiger charge is -2.16. The molecule has 0 heterocycles. The van der Waals surface area contributed by atoms with Gasteiger partial charge in [0.2, 0.25) is 11.7 Å². The first-order valence-corrected chi connectivity index (χ1v) is 7.29. The molecule has 0 saturated carbocycles. The SMILES string of the molecule is CNCC(C)C(=O)NCCc1ccc(OC)c(OC)c1OC. The standard InChI is InChI=1S/C16H26N2O4/c1-11(10-17-2)16(19)18-9-8-12-6-7-13(20-3)15(22-5)14(12)21-4/h6-7,11,17H,8-10H2,1-5H3,(H,18,19). The third-order valence-corrected chi connectivity index (χ3v) is 3.44. The van der Waals surface area contributed by atoms with Crippen molar-refractivity contribution in [2.24, 2.45) is 5.92 Å². The summed E-state index contributed by atoms with van der Waals surface area (Å²) in [5.74, 6) is 1.80. The molecule has 124 valence electrons. The average Bonchev–Trinajstić information content (AvgIpc) is 2.53. The van der Waals surface area contributed by atoms with E-state index in [9.17, 15) is 4.79 Å². The molecule has 1 rings (SSSR count). The predicted molar refractivity (Wildman–Crippen MR) is 85.9 cm³/mol. The maximum absolute atomic E-state index is 11.9. The molecule has 6 heteroatoms. The fraction of sp³-hybridized carbons (Fsp3) is 0.562. The van der Waals surface area contributed by atoms with Gasteiger partial charge in [0.05, 0.1) is 21.3 Å². The second kappa shape index (κ2) is 9.15. The lowest BCUT2D eigenvalue weighted by atomic mass is 10.1. The predicted octanol–water partition coefficient (Wildman–Crippen LogP) is 1.23. The summed E-state index contributed by atoms with van der Waals surface area (Å²) >= 11 is 0. The zero-order chi connectivity index (χ0) is 16.5. The second-order valence-electron chi connectivity index (χ2n) is 4.99. The van der Waals surface area contributed by atoms with Crippen molar-refractivity contribution in [3.05, 3.63) is 17.7 Å². The number of nitrogens with one attached hydrogen (secondary N) is 2. The molecule has 0 aliphatic heterocycles. The normalized spacial score (nSPS) is 11.7. The molecule has 0 bridgehead atoms. The highest BCUT2D eigenvalue weighted by Crippen LogP contribution is 2.39. The van der Waals surface area contributed by atoms with Gasteiger partial charge in [0, 0.05) is 24.6 Å². The number of carbonyl (C=O) groups excluding carboxylic acids is 1. The number of amides is 1. The maximum atomic E-state index is 11.9. The van der Waals surface area contributed by atoms with Gasteiger partial charge in [-0.3, -0.25) is 4.79 Å². The van der Waals surface area contributed by atoms with E-state index in [0.29, 0.717) is 36.8 Å². The van der Waals surface area contributed by atoms with Crippen LogP contribution in [0, 0.1) is 5.92 Å². The van der Waals surface area contributed by atoms with Crippen LogP contribution in [0.25, 0.3) is 0 Å². The first-order valence-electron chi connectivity index (χ1n) is 7.29. The zero-order valence-corrected chi connectivity index (χ0v) is 14.0. The number of hydrogen-bond acceptors (Lipinski definition) is 5. The van der Waals surface area contributed by atoms with Crippen molar-refractivity contribution in [3.63, 3.8) is 0 Å². The van der Waals surface area contributed by atoms with Crippen LogP contribution in [0.4, 0.5) is 0 Å². The molecule has 2 N–H and O–H groups in total. The summed E-state index contributed by atoms with van der Waals surface area (Å²) in [5, 5.41) is 5.92. The van der Waals surface area contributed by atoms with Gasteiger partial charge in [0.25, 0.3) is 0 Å². The maximum Gasteiger partial charge on any atom is 0.224 e. The van der Waals surface area contributed by atoms with Crippen LogP contribution in [0.2, 0.25) is 0 Å². The minimum atomic E-state index is -0.0581. The van der Waals surface area contributed by atoms with Gasteiger partial charge < -0.3 is 24.8 Å². The van der Waals surface area contributed by atoms with Crippen LogP contribution in [0.5, 0.6) is 17.2 Å². The molecule has 1 aromatic carbocycles. The van der Waals surface area contributed by atoms with Crippen LogP contribution in [-0.4, -0.2) is 47.4 Å². The summed E-state index contributed by atoms with van der Waals surface area (Å²) in [6.45, 7) is 3.09. The molecule has 0 fully saturated rings. The summed E-state index contributed by atoms with van der Waals surface area (Å²) in [7, 11) is 6.58. The summed E-state index contributed by atoms with van der Waals surface area (Å²) in [5.41, 5.74) is 0.960. The molecule has 1 aromatic rings. The van der Waals surface area contributed by atoms with Crippen molar-refractivity contribution in [1.82, 2.24) is 10.6 Å². The lowest BCUT2D eigenvalue weighted by Crippen LogP contribution is -2.35. The van der Waals surface area contributed by atoms with E-state index >= 15 is 0 Å². The van der Waals surface area contributed by atoms with Gasteiger partial charge in [-0.1, -0.05) is 13.0 Å². The Labute approximate surface area is 132 Å². The molecule has 1 amide bonds. The van der Waals surface area contributed by atoms with Gasteiger partial charge in [-0.25, -0.2) is 0 Å². The van der Waals surface area contributed by atoms with E-state index in [1.165, 1.54) is 0 Å². The fourth-order valence-electron chi connectivity index (χ4n) is 2.25. The molecule has 0 aliphatic carbocycles. The number of carbonyl (C=O) groups is 1. The van der Waals surface area contributed by atoms with Crippen LogP contribution < -0.4 is 24.8 Å². The first kappa shape index (κ1) is 18.1. The monoisotopic (exact) mass is 310 g/mol. The number of hydrogen-bond donors (Lipinski definition) is 2. The van der Waals surface area contributed by atoms with Crippen molar-refractivity contribution in [3.8, 4) is 17.2 Å². The third-order valence-electron chi connectivity index (χ3n) is 3.44. The number of rotatable bonds is 9. The van der Waals surface area contributed by atoms with E-state index in [1.807, 2.05) is 26.1 Å². The fourth-order valence-corrected chi connectivity index (χ4v) is 2.25. The lowest BCUT2D eigenvalue weighted by molar-refractivity contribution is -0.124. The Bertz CT molecular complexity index is 491. The Hall–Kier alpha value is -1.95. The average molecular weight is 310 g/mol.